The molecule has 1 aliphatic carbocycles. The molecule has 2 fully saturated rings. The van der Waals surface area contributed by atoms with Crippen LogP contribution in [0, 0.1) is 5.92 Å². The van der Waals surface area contributed by atoms with Gasteiger partial charge in [-0.25, -0.2) is 9.59 Å². The molecule has 3 amide bonds. The Balaban J connectivity index is 1.51. The van der Waals surface area contributed by atoms with E-state index in [4.69, 9.17) is 14.2 Å². The lowest BCUT2D eigenvalue weighted by Crippen LogP contribution is -2.70. The van der Waals surface area contributed by atoms with Gasteiger partial charge in [-0.15, -0.1) is 0 Å². The van der Waals surface area contributed by atoms with Crippen molar-refractivity contribution < 1.29 is 33.1 Å². The molecule has 43 heavy (non-hydrogen) atoms. The van der Waals surface area contributed by atoms with Gasteiger partial charge in [0.2, 0.25) is 5.75 Å². The lowest BCUT2D eigenvalue weighted by molar-refractivity contribution is -0.754. The zero-order valence-corrected chi connectivity index (χ0v) is 26.4. The summed E-state index contributed by atoms with van der Waals surface area (Å²) in [6.45, 7) is 3.39. The van der Waals surface area contributed by atoms with Crippen LogP contribution in [-0.4, -0.2) is 87.7 Å². The molecule has 4 rings (SSSR count). The molecule has 0 aromatic heterocycles. The smallest absolute Gasteiger partial charge is 0.338 e. The minimum Gasteiger partial charge on any atom is -0.493 e. The first-order chi connectivity index (χ1) is 20.7. The van der Waals surface area contributed by atoms with Crippen molar-refractivity contribution in [3.63, 3.8) is 0 Å². The number of benzene rings is 2. The third kappa shape index (κ3) is 7.57. The van der Waals surface area contributed by atoms with Crippen LogP contribution in [0.1, 0.15) is 57.4 Å². The largest absolute Gasteiger partial charge is 0.493 e. The lowest BCUT2D eigenvalue weighted by Gasteiger charge is -2.41. The molecule has 1 saturated heterocycles. The maximum Gasteiger partial charge on any atom is 0.338 e. The molecule has 0 spiro atoms. The molecule has 234 valence electrons. The van der Waals surface area contributed by atoms with E-state index in [2.05, 4.69) is 12.2 Å². The number of quaternary nitrogens is 1. The molecule has 9 nitrogen and oxygen atoms in total. The first-order valence-corrected chi connectivity index (χ1v) is 15.6. The fraction of sp³-hybridized carbons (Fsp3) is 0.559. The number of nitrogens with zero attached hydrogens (tertiary/aromatic N) is 2. The first-order valence-electron chi connectivity index (χ1n) is 15.6. The second-order valence-corrected chi connectivity index (χ2v) is 12.0. The summed E-state index contributed by atoms with van der Waals surface area (Å²) in [7, 11) is 6.37. The summed E-state index contributed by atoms with van der Waals surface area (Å²) in [5.74, 6) is 1.50. The van der Waals surface area contributed by atoms with Crippen molar-refractivity contribution in [2.45, 2.75) is 64.3 Å². The number of hydrogen-bond acceptors (Lipinski definition) is 7. The van der Waals surface area contributed by atoms with E-state index < -0.39 is 10.5 Å². The highest BCUT2D eigenvalue weighted by atomic mass is 16.5. The van der Waals surface area contributed by atoms with Crippen molar-refractivity contribution in [1.29, 1.82) is 0 Å². The molecule has 0 radical (unpaired) electrons. The minimum atomic E-state index is -0.493. The Hall–Kier alpha value is -3.43. The van der Waals surface area contributed by atoms with Crippen LogP contribution in [0.2, 0.25) is 0 Å². The molecule has 2 aromatic carbocycles. The third-order valence-corrected chi connectivity index (χ3v) is 9.05. The number of imide groups is 1. The van der Waals surface area contributed by atoms with Gasteiger partial charge in [-0.2, -0.15) is 4.48 Å². The predicted molar refractivity (Wildman–Crippen MR) is 166 cm³/mol. The van der Waals surface area contributed by atoms with Crippen LogP contribution >= 0.6 is 0 Å². The van der Waals surface area contributed by atoms with Crippen LogP contribution in [0.4, 0.5) is 0 Å². The number of likely N-dealkylation sites (N-methyl/N-ethyl adjacent to an activating group) is 1. The number of unbranched alkanes of at least 4 members (excludes halogenated alkanes) is 1. The molecule has 2 aromatic rings. The highest BCUT2D eigenvalue weighted by Gasteiger charge is 2.52. The van der Waals surface area contributed by atoms with E-state index in [9.17, 15) is 14.4 Å². The average Bonchev–Trinajstić information content (AvgIpc) is 3.03. The van der Waals surface area contributed by atoms with Crippen LogP contribution in [0.25, 0.3) is 11.1 Å². The van der Waals surface area contributed by atoms with Crippen LogP contribution < -0.4 is 19.5 Å². The number of rotatable bonds is 13. The number of methoxy groups -OCH3 is 3. The summed E-state index contributed by atoms with van der Waals surface area (Å²) in [6.07, 6.45) is 8.21. The number of amides is 3. The molecule has 2 aliphatic rings. The Morgan fingerprint density at radius 1 is 0.953 bits per heavy atom. The zero-order chi connectivity index (χ0) is 31.0. The van der Waals surface area contributed by atoms with Gasteiger partial charge in [0.25, 0.3) is 5.91 Å². The summed E-state index contributed by atoms with van der Waals surface area (Å²) >= 11 is 0. The van der Waals surface area contributed by atoms with Crippen LogP contribution in [0.3, 0.4) is 0 Å². The molecular weight excluding hydrogens is 546 g/mol. The number of nitrogens with one attached hydrogen (secondary N) is 1. The van der Waals surface area contributed by atoms with Gasteiger partial charge in [-0.05, 0) is 60.5 Å². The normalized spacial score (nSPS) is 21.5. The number of hydrogen-bond donors (Lipinski definition) is 1. The Morgan fingerprint density at radius 2 is 1.60 bits per heavy atom. The third-order valence-electron chi connectivity index (χ3n) is 9.05. The highest BCUT2D eigenvalue weighted by Crippen LogP contribution is 2.41. The fourth-order valence-corrected chi connectivity index (χ4v) is 6.32. The summed E-state index contributed by atoms with van der Waals surface area (Å²) in [4.78, 5) is 42.5. The summed E-state index contributed by atoms with van der Waals surface area (Å²) in [5.41, 5.74) is 2.86. The minimum absolute atomic E-state index is 0.150. The van der Waals surface area contributed by atoms with Crippen molar-refractivity contribution in [2.75, 3.05) is 54.6 Å². The van der Waals surface area contributed by atoms with Crippen LogP contribution in [-0.2, 0) is 20.8 Å². The van der Waals surface area contributed by atoms with Crippen LogP contribution in [0.5, 0.6) is 17.2 Å². The first kappa shape index (κ1) is 32.5. The van der Waals surface area contributed by atoms with Gasteiger partial charge in [-0.1, -0.05) is 56.9 Å². The van der Waals surface area contributed by atoms with Crippen molar-refractivity contribution in [1.82, 2.24) is 10.2 Å². The average molecular weight is 595 g/mol. The lowest BCUT2D eigenvalue weighted by atomic mass is 9.89. The summed E-state index contributed by atoms with van der Waals surface area (Å²) in [6, 6.07) is 11.4. The SMILES string of the molecule is CCCCN1CC(=O)[N+](C)(CC(=O)NCC2CCCCC2)C(=O)C1Cc1ccc(-c2cc(OC)c(OC)c(OC)c2)cc1. The molecule has 1 saturated carbocycles. The molecule has 2 atom stereocenters. The van der Waals surface area contributed by atoms with Crippen LogP contribution in [0.15, 0.2) is 36.4 Å². The Morgan fingerprint density at radius 3 is 2.19 bits per heavy atom. The molecule has 9 heteroatoms. The van der Waals surface area contributed by atoms with Gasteiger partial charge in [0.05, 0.1) is 28.4 Å². The molecule has 1 aliphatic heterocycles. The van der Waals surface area contributed by atoms with E-state index in [0.717, 1.165) is 42.4 Å². The van der Waals surface area contributed by atoms with Gasteiger partial charge in [0, 0.05) is 13.0 Å². The number of carbonyl (C=O) groups excluding carboxylic acids is 3. The second kappa shape index (κ2) is 14.8. The van der Waals surface area contributed by atoms with E-state index in [0.29, 0.717) is 42.7 Å². The fourth-order valence-electron chi connectivity index (χ4n) is 6.32. The van der Waals surface area contributed by atoms with E-state index in [1.54, 1.807) is 28.4 Å². The molecular formula is C34H48N3O6+. The maximum absolute atomic E-state index is 14.1. The summed E-state index contributed by atoms with van der Waals surface area (Å²) in [5, 5.41) is 3.02. The standard InChI is InChI=1S/C34H47N3O6/c1-6-7-17-36-22-32(39)37(2,23-31(38)35-21-25-11-9-8-10-12-25)34(40)28(36)18-24-13-15-26(16-14-24)27-19-29(41-3)33(43-5)30(20-27)42-4/h13-16,19-20,25,28H,6-12,17-18,21-23H2,1-5H3/p+1. The quantitative estimate of drug-likeness (QED) is 0.268. The monoisotopic (exact) mass is 594 g/mol. The second-order valence-electron chi connectivity index (χ2n) is 12.0. The molecule has 2 unspecified atom stereocenters. The van der Waals surface area contributed by atoms with Crippen molar-refractivity contribution in [3.8, 4) is 28.4 Å². The van der Waals surface area contributed by atoms with E-state index in [-0.39, 0.29) is 30.8 Å². The van der Waals surface area contributed by atoms with Gasteiger partial charge < -0.3 is 19.5 Å². The Kier molecular flexibility index (Phi) is 11.2. The van der Waals surface area contributed by atoms with Gasteiger partial charge in [0.15, 0.2) is 18.0 Å². The number of carbonyl (C=O) groups is 3. The summed E-state index contributed by atoms with van der Waals surface area (Å²) < 4.78 is 16.0. The molecule has 1 N–H and O–H groups in total. The number of ether oxygens (including phenoxy) is 3. The number of piperazine rings is 1. The van der Waals surface area contributed by atoms with E-state index in [1.807, 2.05) is 41.3 Å². The van der Waals surface area contributed by atoms with Crippen molar-refractivity contribution in [3.05, 3.63) is 42.0 Å². The van der Waals surface area contributed by atoms with Crippen molar-refractivity contribution in [2.24, 2.45) is 5.92 Å². The Labute approximate surface area is 256 Å². The molecule has 0 bridgehead atoms. The van der Waals surface area contributed by atoms with Gasteiger partial charge >= 0.3 is 11.8 Å². The van der Waals surface area contributed by atoms with E-state index >= 15 is 0 Å². The Bertz CT molecular complexity index is 1250. The van der Waals surface area contributed by atoms with E-state index in [1.165, 1.54) is 19.3 Å². The van der Waals surface area contributed by atoms with Gasteiger partial charge in [-0.3, -0.25) is 9.69 Å². The predicted octanol–water partition coefficient (Wildman–Crippen LogP) is 4.60. The zero-order valence-electron chi connectivity index (χ0n) is 26.4. The van der Waals surface area contributed by atoms with Crippen molar-refractivity contribution >= 4 is 17.7 Å². The van der Waals surface area contributed by atoms with Gasteiger partial charge in [0.1, 0.15) is 12.6 Å². The topological polar surface area (TPSA) is 94.2 Å². The molecule has 1 heterocycles. The maximum atomic E-state index is 14.1. The highest BCUT2D eigenvalue weighted by molar-refractivity contribution is 5.94.